The van der Waals surface area contributed by atoms with E-state index in [0.717, 1.165) is 0 Å². The molecule has 0 unspecified atom stereocenters. The molecule has 2 fully saturated rings. The molecule has 40 heavy (non-hydrogen) atoms. The third kappa shape index (κ3) is 5.70. The van der Waals surface area contributed by atoms with Gasteiger partial charge in [-0.05, 0) is 64.2 Å². The SMILES string of the molecule is Cc1cccc(N2CCN(C(=O)Cn3nc(C(=O)N4C[C@@H](C)O[C@@H](C)C4)c4c3CC[C@H](C(F)(F)F)C4)CC2)c1C. The van der Waals surface area contributed by atoms with Crippen molar-refractivity contribution in [3.05, 3.63) is 46.3 Å². The lowest BCUT2D eigenvalue weighted by atomic mass is 9.85. The Hall–Kier alpha value is -3.08. The number of piperazine rings is 1. The van der Waals surface area contributed by atoms with E-state index in [1.165, 1.54) is 21.5 Å². The average molecular weight is 562 g/mol. The number of benzene rings is 1. The van der Waals surface area contributed by atoms with Crippen molar-refractivity contribution in [2.45, 2.75) is 71.9 Å². The maximum absolute atomic E-state index is 13.7. The zero-order valence-electron chi connectivity index (χ0n) is 23.6. The Labute approximate surface area is 233 Å². The number of amides is 2. The maximum Gasteiger partial charge on any atom is 0.392 e. The van der Waals surface area contributed by atoms with Crippen LogP contribution in [0.2, 0.25) is 0 Å². The summed E-state index contributed by atoms with van der Waals surface area (Å²) in [5, 5.41) is 4.51. The van der Waals surface area contributed by atoms with Crippen molar-refractivity contribution >= 4 is 17.5 Å². The van der Waals surface area contributed by atoms with Crippen LogP contribution in [0.15, 0.2) is 18.2 Å². The molecule has 2 aliphatic heterocycles. The minimum absolute atomic E-state index is 0.0396. The molecule has 218 valence electrons. The van der Waals surface area contributed by atoms with Crippen LogP contribution in [0.3, 0.4) is 0 Å². The van der Waals surface area contributed by atoms with Gasteiger partial charge in [0.1, 0.15) is 6.54 Å². The predicted molar refractivity (Wildman–Crippen MR) is 144 cm³/mol. The highest BCUT2D eigenvalue weighted by molar-refractivity contribution is 5.94. The second-order valence-corrected chi connectivity index (χ2v) is 11.5. The van der Waals surface area contributed by atoms with Crippen molar-refractivity contribution < 1.29 is 27.5 Å². The van der Waals surface area contributed by atoms with Gasteiger partial charge in [-0.25, -0.2) is 0 Å². The van der Waals surface area contributed by atoms with Crippen LogP contribution in [-0.4, -0.2) is 89.0 Å². The van der Waals surface area contributed by atoms with Crippen LogP contribution in [0.4, 0.5) is 18.9 Å². The standard InChI is InChI=1S/C29H38F3N5O3/c1-18-6-5-7-24(21(18)4)34-10-12-35(13-11-34)26(38)17-37-25-9-8-22(29(30,31)32)14-23(25)27(33-37)28(39)36-15-19(2)40-20(3)16-36/h5-7,19-20,22H,8-17H2,1-4H3/t19-,20+,22-/m0/s1. The van der Waals surface area contributed by atoms with Gasteiger partial charge in [-0.3, -0.25) is 14.3 Å². The molecule has 11 heteroatoms. The smallest absolute Gasteiger partial charge is 0.372 e. The van der Waals surface area contributed by atoms with Crippen molar-refractivity contribution in [2.24, 2.45) is 5.92 Å². The molecule has 2 aromatic rings. The number of carbonyl (C=O) groups excluding carboxylic acids is 2. The lowest BCUT2D eigenvalue weighted by molar-refractivity contribution is -0.177. The summed E-state index contributed by atoms with van der Waals surface area (Å²) in [5.74, 6) is -2.06. The minimum Gasteiger partial charge on any atom is -0.372 e. The van der Waals surface area contributed by atoms with E-state index in [9.17, 15) is 22.8 Å². The average Bonchev–Trinajstić information content (AvgIpc) is 3.26. The number of fused-ring (bicyclic) bond motifs is 1. The summed E-state index contributed by atoms with van der Waals surface area (Å²) in [6.07, 6.45) is -4.96. The molecule has 2 amide bonds. The molecule has 0 saturated carbocycles. The maximum atomic E-state index is 13.7. The number of hydrogen-bond acceptors (Lipinski definition) is 5. The number of aryl methyl sites for hydroxylation is 1. The van der Waals surface area contributed by atoms with Gasteiger partial charge in [0.2, 0.25) is 5.91 Å². The fraction of sp³-hybridized carbons (Fsp3) is 0.621. The molecule has 3 heterocycles. The molecule has 1 aromatic carbocycles. The number of ether oxygens (including phenoxy) is 1. The first kappa shape index (κ1) is 28.4. The first-order valence-corrected chi connectivity index (χ1v) is 14.1. The van der Waals surface area contributed by atoms with E-state index in [4.69, 9.17) is 4.74 Å². The van der Waals surface area contributed by atoms with Gasteiger partial charge < -0.3 is 19.4 Å². The van der Waals surface area contributed by atoms with Gasteiger partial charge >= 0.3 is 6.18 Å². The number of morpholine rings is 1. The summed E-state index contributed by atoms with van der Waals surface area (Å²) in [4.78, 5) is 32.6. The normalized spacial score (nSPS) is 23.8. The first-order valence-electron chi connectivity index (χ1n) is 14.1. The number of carbonyl (C=O) groups is 2. The van der Waals surface area contributed by atoms with Gasteiger partial charge in [-0.1, -0.05) is 12.1 Å². The monoisotopic (exact) mass is 561 g/mol. The Kier molecular flexibility index (Phi) is 7.87. The van der Waals surface area contributed by atoms with Gasteiger partial charge in [0.05, 0.1) is 18.1 Å². The highest BCUT2D eigenvalue weighted by Gasteiger charge is 2.44. The lowest BCUT2D eigenvalue weighted by Crippen LogP contribution is -2.50. The molecule has 8 nitrogen and oxygen atoms in total. The number of halogens is 3. The summed E-state index contributed by atoms with van der Waals surface area (Å²) in [6.45, 7) is 11.0. The Balaban J connectivity index is 1.34. The van der Waals surface area contributed by atoms with Gasteiger partial charge in [0, 0.05) is 56.2 Å². The first-order chi connectivity index (χ1) is 18.9. The molecule has 3 aliphatic rings. The second-order valence-electron chi connectivity index (χ2n) is 11.5. The van der Waals surface area contributed by atoms with E-state index in [-0.39, 0.29) is 49.6 Å². The quantitative estimate of drug-likeness (QED) is 0.569. The fourth-order valence-electron chi connectivity index (χ4n) is 6.27. The van der Waals surface area contributed by atoms with Crippen LogP contribution in [0, 0.1) is 19.8 Å². The van der Waals surface area contributed by atoms with Crippen molar-refractivity contribution in [3.63, 3.8) is 0 Å². The van der Waals surface area contributed by atoms with Crippen molar-refractivity contribution in [1.82, 2.24) is 19.6 Å². The molecule has 5 rings (SSSR count). The summed E-state index contributed by atoms with van der Waals surface area (Å²) in [6, 6.07) is 6.22. The highest BCUT2D eigenvalue weighted by atomic mass is 19.4. The van der Waals surface area contributed by atoms with E-state index in [0.29, 0.717) is 50.5 Å². The Morgan fingerprint density at radius 2 is 1.70 bits per heavy atom. The van der Waals surface area contributed by atoms with Gasteiger partial charge in [-0.2, -0.15) is 18.3 Å². The Bertz CT molecular complexity index is 1260. The summed E-state index contributed by atoms with van der Waals surface area (Å²) in [5.41, 5.74) is 4.56. The minimum atomic E-state index is -4.35. The largest absolute Gasteiger partial charge is 0.392 e. The lowest BCUT2D eigenvalue weighted by Gasteiger charge is -2.37. The topological polar surface area (TPSA) is 70.9 Å². The highest BCUT2D eigenvalue weighted by Crippen LogP contribution is 2.38. The van der Waals surface area contributed by atoms with E-state index in [1.807, 2.05) is 19.9 Å². The van der Waals surface area contributed by atoms with Crippen molar-refractivity contribution in [1.29, 1.82) is 0 Å². The molecule has 0 radical (unpaired) electrons. The summed E-state index contributed by atoms with van der Waals surface area (Å²) >= 11 is 0. The number of nitrogens with zero attached hydrogens (tertiary/aromatic N) is 5. The second kappa shape index (κ2) is 11.1. The molecular formula is C29H38F3N5O3. The number of rotatable bonds is 4. The third-order valence-corrected chi connectivity index (χ3v) is 8.55. The Morgan fingerprint density at radius 3 is 2.35 bits per heavy atom. The van der Waals surface area contributed by atoms with Crippen LogP contribution < -0.4 is 4.90 Å². The molecular weight excluding hydrogens is 523 g/mol. The van der Waals surface area contributed by atoms with Crippen LogP contribution in [0.25, 0.3) is 0 Å². The number of hydrogen-bond donors (Lipinski definition) is 0. The van der Waals surface area contributed by atoms with Gasteiger partial charge in [-0.15, -0.1) is 0 Å². The zero-order chi connectivity index (χ0) is 28.8. The summed E-state index contributed by atoms with van der Waals surface area (Å²) < 4.78 is 48.3. The molecule has 0 spiro atoms. The number of alkyl halides is 3. The zero-order valence-corrected chi connectivity index (χ0v) is 23.6. The molecule has 0 N–H and O–H groups in total. The summed E-state index contributed by atoms with van der Waals surface area (Å²) in [7, 11) is 0. The number of anilines is 1. The molecule has 0 bridgehead atoms. The number of aromatic nitrogens is 2. The van der Waals surface area contributed by atoms with Gasteiger partial charge in [0.15, 0.2) is 5.69 Å². The van der Waals surface area contributed by atoms with Crippen LogP contribution in [0.1, 0.15) is 53.1 Å². The van der Waals surface area contributed by atoms with E-state index in [2.05, 4.69) is 36.0 Å². The van der Waals surface area contributed by atoms with Crippen molar-refractivity contribution in [2.75, 3.05) is 44.2 Å². The Morgan fingerprint density at radius 1 is 1.02 bits per heavy atom. The molecule has 2 saturated heterocycles. The molecule has 1 aliphatic carbocycles. The fourth-order valence-corrected chi connectivity index (χ4v) is 6.27. The van der Waals surface area contributed by atoms with E-state index < -0.39 is 18.0 Å². The predicted octanol–water partition coefficient (Wildman–Crippen LogP) is 3.77. The van der Waals surface area contributed by atoms with Crippen molar-refractivity contribution in [3.8, 4) is 0 Å². The molecule has 3 atom stereocenters. The van der Waals surface area contributed by atoms with Crippen LogP contribution in [0.5, 0.6) is 0 Å². The van der Waals surface area contributed by atoms with E-state index >= 15 is 0 Å². The van der Waals surface area contributed by atoms with Gasteiger partial charge in [0.25, 0.3) is 5.91 Å². The third-order valence-electron chi connectivity index (χ3n) is 8.55. The van der Waals surface area contributed by atoms with Crippen LogP contribution in [-0.2, 0) is 28.9 Å². The van der Waals surface area contributed by atoms with Crippen LogP contribution >= 0.6 is 0 Å². The molecule has 1 aromatic heterocycles. The van der Waals surface area contributed by atoms with E-state index in [1.54, 1.807) is 9.80 Å².